The van der Waals surface area contributed by atoms with Crippen LogP contribution in [-0.4, -0.2) is 6.54 Å². The lowest BCUT2D eigenvalue weighted by molar-refractivity contribution is 0.180. The Bertz CT molecular complexity index is 390. The minimum atomic E-state index is 0.739. The Hall–Kier alpha value is -0.820. The third-order valence-corrected chi connectivity index (χ3v) is 4.91. The fourth-order valence-corrected chi connectivity index (χ4v) is 3.84. The Morgan fingerprint density at radius 2 is 1.74 bits per heavy atom. The molecule has 0 saturated heterocycles. The average Bonchev–Trinajstić information content (AvgIpc) is 2.37. The highest BCUT2D eigenvalue weighted by atomic mass is 14.6. The van der Waals surface area contributed by atoms with Gasteiger partial charge in [-0.1, -0.05) is 49.1 Å². The van der Waals surface area contributed by atoms with E-state index in [2.05, 4.69) is 39.0 Å². The Morgan fingerprint density at radius 1 is 1.05 bits per heavy atom. The van der Waals surface area contributed by atoms with E-state index in [4.69, 9.17) is 5.73 Å². The first-order valence-corrected chi connectivity index (χ1v) is 7.89. The Morgan fingerprint density at radius 3 is 2.32 bits per heavy atom. The molecule has 3 unspecified atom stereocenters. The van der Waals surface area contributed by atoms with E-state index in [1.165, 1.54) is 48.8 Å². The Labute approximate surface area is 118 Å². The van der Waals surface area contributed by atoms with Crippen molar-refractivity contribution in [3.8, 4) is 0 Å². The minimum Gasteiger partial charge on any atom is -0.330 e. The summed E-state index contributed by atoms with van der Waals surface area (Å²) in [4.78, 5) is 0. The molecule has 3 atom stereocenters. The van der Waals surface area contributed by atoms with Crippen LogP contribution in [0.25, 0.3) is 0 Å². The highest BCUT2D eigenvalue weighted by Crippen LogP contribution is 2.37. The molecule has 0 aromatic heterocycles. The number of rotatable bonds is 4. The summed E-state index contributed by atoms with van der Waals surface area (Å²) in [6.07, 6.45) is 6.67. The average molecular weight is 259 g/mol. The predicted molar refractivity (Wildman–Crippen MR) is 83.3 cm³/mol. The normalized spacial score (nSPS) is 27.5. The maximum atomic E-state index is 5.99. The van der Waals surface area contributed by atoms with Gasteiger partial charge in [-0.2, -0.15) is 0 Å². The summed E-state index contributed by atoms with van der Waals surface area (Å²) >= 11 is 0. The Balaban J connectivity index is 2.09. The van der Waals surface area contributed by atoms with Crippen LogP contribution in [0.1, 0.15) is 49.3 Å². The van der Waals surface area contributed by atoms with Gasteiger partial charge in [0, 0.05) is 0 Å². The number of nitrogens with two attached hydrogens (primary N) is 1. The predicted octanol–water partition coefficient (Wildman–Crippen LogP) is 4.25. The summed E-state index contributed by atoms with van der Waals surface area (Å²) in [5.41, 5.74) is 10.3. The van der Waals surface area contributed by atoms with Gasteiger partial charge in [-0.05, 0) is 63.0 Å². The van der Waals surface area contributed by atoms with Gasteiger partial charge in [0.25, 0.3) is 0 Å². The Kier molecular flexibility index (Phi) is 5.04. The lowest BCUT2D eigenvalue weighted by atomic mass is 9.71. The SMILES string of the molecule is CCC1CCC(CN)C(Cc2cc(C)cc(C)c2)C1. The molecule has 1 nitrogen and oxygen atoms in total. The second kappa shape index (κ2) is 6.56. The van der Waals surface area contributed by atoms with Crippen molar-refractivity contribution in [1.82, 2.24) is 0 Å². The van der Waals surface area contributed by atoms with E-state index in [9.17, 15) is 0 Å². The second-order valence-corrected chi connectivity index (χ2v) is 6.54. The summed E-state index contributed by atoms with van der Waals surface area (Å²) < 4.78 is 0. The quantitative estimate of drug-likeness (QED) is 0.859. The molecular formula is C18H29N. The first kappa shape index (κ1) is 14.6. The zero-order chi connectivity index (χ0) is 13.8. The monoisotopic (exact) mass is 259 g/mol. The molecule has 1 aliphatic rings. The summed E-state index contributed by atoms with van der Waals surface area (Å²) in [6.45, 7) is 7.60. The topological polar surface area (TPSA) is 26.0 Å². The van der Waals surface area contributed by atoms with Gasteiger partial charge in [0.1, 0.15) is 0 Å². The van der Waals surface area contributed by atoms with E-state index in [1.807, 2.05) is 0 Å². The molecule has 1 fully saturated rings. The van der Waals surface area contributed by atoms with Crippen LogP contribution >= 0.6 is 0 Å². The first-order chi connectivity index (χ1) is 9.12. The van der Waals surface area contributed by atoms with Gasteiger partial charge in [-0.3, -0.25) is 0 Å². The van der Waals surface area contributed by atoms with Crippen LogP contribution < -0.4 is 5.73 Å². The number of hydrogen-bond donors (Lipinski definition) is 1. The van der Waals surface area contributed by atoms with Gasteiger partial charge < -0.3 is 5.73 Å². The maximum absolute atomic E-state index is 5.99. The van der Waals surface area contributed by atoms with Crippen molar-refractivity contribution in [2.45, 2.75) is 52.9 Å². The standard InChI is InChI=1S/C18H29N/c1-4-15-5-6-17(12-19)18(10-15)11-16-8-13(2)7-14(3)9-16/h7-9,15,17-18H,4-6,10-12,19H2,1-3H3. The van der Waals surface area contributed by atoms with Crippen LogP contribution in [0.5, 0.6) is 0 Å². The highest BCUT2D eigenvalue weighted by Gasteiger charge is 2.28. The van der Waals surface area contributed by atoms with Gasteiger partial charge >= 0.3 is 0 Å². The zero-order valence-corrected chi connectivity index (χ0v) is 12.8. The molecule has 0 aliphatic heterocycles. The van der Waals surface area contributed by atoms with Crippen molar-refractivity contribution in [1.29, 1.82) is 0 Å². The lowest BCUT2D eigenvalue weighted by Crippen LogP contribution is -2.31. The molecule has 2 rings (SSSR count). The van der Waals surface area contributed by atoms with Crippen molar-refractivity contribution in [3.63, 3.8) is 0 Å². The van der Waals surface area contributed by atoms with E-state index in [-0.39, 0.29) is 0 Å². The van der Waals surface area contributed by atoms with E-state index >= 15 is 0 Å². The molecule has 106 valence electrons. The summed E-state index contributed by atoms with van der Waals surface area (Å²) in [6, 6.07) is 6.98. The smallest absolute Gasteiger partial charge is 0.00461 e. The molecule has 1 aliphatic carbocycles. The van der Waals surface area contributed by atoms with Crippen molar-refractivity contribution < 1.29 is 0 Å². The highest BCUT2D eigenvalue weighted by molar-refractivity contribution is 5.29. The maximum Gasteiger partial charge on any atom is -0.00461 e. The van der Waals surface area contributed by atoms with E-state index in [0.717, 1.165) is 24.3 Å². The number of benzene rings is 1. The van der Waals surface area contributed by atoms with Crippen LogP contribution in [0.15, 0.2) is 18.2 Å². The molecule has 0 heterocycles. The lowest BCUT2D eigenvalue weighted by Gasteiger charge is -2.35. The van der Waals surface area contributed by atoms with Gasteiger partial charge in [0.2, 0.25) is 0 Å². The first-order valence-electron chi connectivity index (χ1n) is 7.89. The van der Waals surface area contributed by atoms with Crippen LogP contribution in [0, 0.1) is 31.6 Å². The molecule has 19 heavy (non-hydrogen) atoms. The van der Waals surface area contributed by atoms with E-state index < -0.39 is 0 Å². The fourth-order valence-electron chi connectivity index (χ4n) is 3.84. The second-order valence-electron chi connectivity index (χ2n) is 6.54. The molecule has 0 bridgehead atoms. The molecule has 0 amide bonds. The molecule has 1 heteroatoms. The molecule has 1 aromatic rings. The van der Waals surface area contributed by atoms with Gasteiger partial charge in [0.05, 0.1) is 0 Å². The van der Waals surface area contributed by atoms with Crippen LogP contribution in [0.2, 0.25) is 0 Å². The molecular weight excluding hydrogens is 230 g/mol. The zero-order valence-electron chi connectivity index (χ0n) is 12.8. The van der Waals surface area contributed by atoms with Crippen LogP contribution in [-0.2, 0) is 6.42 Å². The van der Waals surface area contributed by atoms with Crippen molar-refractivity contribution in [2.24, 2.45) is 23.5 Å². The van der Waals surface area contributed by atoms with Gasteiger partial charge in [-0.25, -0.2) is 0 Å². The molecule has 2 N–H and O–H groups in total. The largest absolute Gasteiger partial charge is 0.330 e. The number of aryl methyl sites for hydroxylation is 2. The third-order valence-electron chi connectivity index (χ3n) is 4.91. The number of hydrogen-bond acceptors (Lipinski definition) is 1. The van der Waals surface area contributed by atoms with Crippen LogP contribution in [0.3, 0.4) is 0 Å². The molecule has 1 aromatic carbocycles. The summed E-state index contributed by atoms with van der Waals surface area (Å²) in [7, 11) is 0. The van der Waals surface area contributed by atoms with E-state index in [1.54, 1.807) is 0 Å². The fraction of sp³-hybridized carbons (Fsp3) is 0.667. The van der Waals surface area contributed by atoms with Crippen molar-refractivity contribution in [3.05, 3.63) is 34.9 Å². The molecule has 1 saturated carbocycles. The van der Waals surface area contributed by atoms with Gasteiger partial charge in [0.15, 0.2) is 0 Å². The molecule has 0 radical (unpaired) electrons. The summed E-state index contributed by atoms with van der Waals surface area (Å²) in [5, 5.41) is 0. The molecule has 0 spiro atoms. The third kappa shape index (κ3) is 3.82. The summed E-state index contributed by atoms with van der Waals surface area (Å²) in [5.74, 6) is 2.47. The van der Waals surface area contributed by atoms with Crippen molar-refractivity contribution >= 4 is 0 Å². The van der Waals surface area contributed by atoms with Crippen LogP contribution in [0.4, 0.5) is 0 Å². The van der Waals surface area contributed by atoms with Gasteiger partial charge in [-0.15, -0.1) is 0 Å². The van der Waals surface area contributed by atoms with E-state index in [0.29, 0.717) is 0 Å². The minimum absolute atomic E-state index is 0.739. The van der Waals surface area contributed by atoms with Crippen molar-refractivity contribution in [2.75, 3.05) is 6.54 Å².